The minimum atomic E-state index is -4.03. The van der Waals surface area contributed by atoms with Gasteiger partial charge in [-0.1, -0.05) is 41.5 Å². The fourth-order valence-electron chi connectivity index (χ4n) is 3.56. The van der Waals surface area contributed by atoms with Gasteiger partial charge in [-0.15, -0.1) is 0 Å². The van der Waals surface area contributed by atoms with E-state index in [9.17, 15) is 21.6 Å². The molecule has 186 valence electrons. The summed E-state index contributed by atoms with van der Waals surface area (Å²) in [4.78, 5) is 16.9. The van der Waals surface area contributed by atoms with Gasteiger partial charge in [0.2, 0.25) is 10.0 Å². The van der Waals surface area contributed by atoms with Crippen LogP contribution in [0.4, 0.5) is 10.6 Å². The predicted molar refractivity (Wildman–Crippen MR) is 132 cm³/mol. The Kier molecular flexibility index (Phi) is 7.60. The fourth-order valence-corrected chi connectivity index (χ4v) is 5.89. The van der Waals surface area contributed by atoms with Gasteiger partial charge in [-0.25, -0.2) is 31.3 Å². The van der Waals surface area contributed by atoms with Crippen LogP contribution in [0.25, 0.3) is 0 Å². The molecule has 10 nitrogen and oxygen atoms in total. The van der Waals surface area contributed by atoms with Crippen LogP contribution in [0.15, 0.2) is 70.5 Å². The van der Waals surface area contributed by atoms with Gasteiger partial charge in [0.1, 0.15) is 5.82 Å². The molecule has 0 saturated heterocycles. The molecule has 0 atom stereocenters. The summed E-state index contributed by atoms with van der Waals surface area (Å²) in [5.41, 5.74) is 3.24. The Morgan fingerprint density at radius 3 is 2.03 bits per heavy atom. The molecule has 1 aromatic heterocycles. The molecule has 0 radical (unpaired) electrons. The van der Waals surface area contributed by atoms with Gasteiger partial charge < -0.3 is 6.15 Å². The monoisotopic (exact) mass is 517 g/mol. The van der Waals surface area contributed by atoms with Crippen molar-refractivity contribution in [3.05, 3.63) is 83.0 Å². The Morgan fingerprint density at radius 2 is 1.43 bits per heavy atom. The molecule has 3 aromatic rings. The second kappa shape index (κ2) is 10.1. The first kappa shape index (κ1) is 26.3. The first-order valence-corrected chi connectivity index (χ1v) is 13.4. The van der Waals surface area contributed by atoms with Crippen molar-refractivity contribution in [1.82, 2.24) is 20.2 Å². The SMILES string of the molecule is Cc1ccc(S(=O)(=O)NC(=O)Nc2ccc3c(n2)CCN(S(=O)(=O)c2ccc(C)cc2)C3)cc1.N. The van der Waals surface area contributed by atoms with Crippen LogP contribution in [0.5, 0.6) is 0 Å². The van der Waals surface area contributed by atoms with Crippen LogP contribution in [0.3, 0.4) is 0 Å². The van der Waals surface area contributed by atoms with Crippen molar-refractivity contribution in [2.24, 2.45) is 0 Å². The zero-order valence-corrected chi connectivity index (χ0v) is 21.0. The summed E-state index contributed by atoms with van der Waals surface area (Å²) in [5, 5.41) is 2.43. The van der Waals surface area contributed by atoms with Gasteiger partial charge in [0.15, 0.2) is 0 Å². The second-order valence-corrected chi connectivity index (χ2v) is 11.7. The molecule has 5 N–H and O–H groups in total. The summed E-state index contributed by atoms with van der Waals surface area (Å²) in [7, 11) is -7.67. The standard InChI is InChI=1S/C23H24N4O5S2.H3N/c1-16-3-8-19(9-4-16)33(29,30)26-23(28)25-22-12-7-18-15-27(14-13-21(18)24-22)34(31,32)20-10-5-17(2)6-11-20;/h3-12H,13-15H2,1-2H3,(H2,24,25,26,28);1H3. The maximum Gasteiger partial charge on any atom is 0.334 e. The van der Waals surface area contributed by atoms with Gasteiger partial charge in [-0.3, -0.25) is 5.32 Å². The molecule has 0 spiro atoms. The van der Waals surface area contributed by atoms with Crippen molar-refractivity contribution in [3.63, 3.8) is 0 Å². The van der Waals surface area contributed by atoms with E-state index < -0.39 is 26.1 Å². The molecular weight excluding hydrogens is 490 g/mol. The number of amides is 2. The first-order valence-electron chi connectivity index (χ1n) is 10.5. The van der Waals surface area contributed by atoms with Gasteiger partial charge in [-0.05, 0) is 49.7 Å². The average Bonchev–Trinajstić information content (AvgIpc) is 2.79. The number of pyridine rings is 1. The van der Waals surface area contributed by atoms with E-state index >= 15 is 0 Å². The van der Waals surface area contributed by atoms with Crippen LogP contribution < -0.4 is 16.2 Å². The zero-order valence-electron chi connectivity index (χ0n) is 19.4. The van der Waals surface area contributed by atoms with Crippen molar-refractivity contribution in [1.29, 1.82) is 0 Å². The number of aromatic nitrogens is 1. The van der Waals surface area contributed by atoms with Gasteiger partial charge in [0, 0.05) is 25.2 Å². The van der Waals surface area contributed by atoms with Crippen LogP contribution in [-0.4, -0.2) is 38.7 Å². The smallest absolute Gasteiger partial charge is 0.334 e. The Balaban J connectivity index is 0.00000342. The number of urea groups is 1. The summed E-state index contributed by atoms with van der Waals surface area (Å²) in [6.07, 6.45) is 0.360. The van der Waals surface area contributed by atoms with Crippen molar-refractivity contribution >= 4 is 31.9 Å². The molecule has 2 heterocycles. The topological polar surface area (TPSA) is 161 Å². The highest BCUT2D eigenvalue weighted by Gasteiger charge is 2.29. The number of nitrogens with zero attached hydrogens (tertiary/aromatic N) is 2. The molecule has 35 heavy (non-hydrogen) atoms. The van der Waals surface area contributed by atoms with E-state index in [1.54, 1.807) is 42.5 Å². The number of hydrogen-bond donors (Lipinski definition) is 3. The van der Waals surface area contributed by atoms with E-state index in [2.05, 4.69) is 10.3 Å². The van der Waals surface area contributed by atoms with E-state index in [-0.39, 0.29) is 34.8 Å². The molecule has 0 saturated carbocycles. The number of rotatable bonds is 5. The van der Waals surface area contributed by atoms with E-state index in [4.69, 9.17) is 0 Å². The summed E-state index contributed by atoms with van der Waals surface area (Å²) in [6.45, 7) is 4.12. The second-order valence-electron chi connectivity index (χ2n) is 8.08. The number of nitrogens with one attached hydrogen (secondary N) is 2. The van der Waals surface area contributed by atoms with Crippen LogP contribution >= 0.6 is 0 Å². The Bertz CT molecular complexity index is 1440. The average molecular weight is 518 g/mol. The molecule has 2 aromatic carbocycles. The number of carbonyl (C=O) groups excluding carboxylic acids is 1. The number of hydrogen-bond acceptors (Lipinski definition) is 7. The van der Waals surface area contributed by atoms with Crippen molar-refractivity contribution in [2.45, 2.75) is 36.6 Å². The molecule has 0 fully saturated rings. The Hall–Kier alpha value is -3.32. The largest absolute Gasteiger partial charge is 0.344 e. The minimum absolute atomic E-state index is 0. The molecule has 2 amide bonds. The highest BCUT2D eigenvalue weighted by atomic mass is 32.2. The lowest BCUT2D eigenvalue weighted by atomic mass is 10.1. The normalized spacial score (nSPS) is 13.9. The van der Waals surface area contributed by atoms with Gasteiger partial charge in [-0.2, -0.15) is 4.31 Å². The molecule has 12 heteroatoms. The van der Waals surface area contributed by atoms with Crippen LogP contribution in [0.1, 0.15) is 22.4 Å². The number of carbonyl (C=O) groups is 1. The molecule has 4 rings (SSSR count). The zero-order chi connectivity index (χ0) is 24.5. The number of fused-ring (bicyclic) bond motifs is 1. The first-order chi connectivity index (χ1) is 16.0. The third kappa shape index (κ3) is 5.85. The molecule has 1 aliphatic heterocycles. The maximum absolute atomic E-state index is 13.0. The van der Waals surface area contributed by atoms with E-state index in [0.717, 1.165) is 16.7 Å². The maximum atomic E-state index is 13.0. The van der Waals surface area contributed by atoms with Crippen LogP contribution in [0.2, 0.25) is 0 Å². The molecular formula is C23H27N5O5S2. The highest BCUT2D eigenvalue weighted by Crippen LogP contribution is 2.25. The van der Waals surface area contributed by atoms with E-state index in [1.165, 1.54) is 22.5 Å². The highest BCUT2D eigenvalue weighted by molar-refractivity contribution is 7.90. The lowest BCUT2D eigenvalue weighted by molar-refractivity contribution is 0.256. The van der Waals surface area contributed by atoms with Crippen molar-refractivity contribution in [2.75, 3.05) is 11.9 Å². The lowest BCUT2D eigenvalue weighted by Crippen LogP contribution is -2.37. The Labute approximate surface area is 205 Å². The van der Waals surface area contributed by atoms with Gasteiger partial charge in [0.25, 0.3) is 10.0 Å². The summed E-state index contributed by atoms with van der Waals surface area (Å²) >= 11 is 0. The van der Waals surface area contributed by atoms with E-state index in [1.807, 2.05) is 18.6 Å². The number of aryl methyl sites for hydroxylation is 2. The quantitative estimate of drug-likeness (QED) is 0.468. The van der Waals surface area contributed by atoms with Crippen molar-refractivity contribution in [3.8, 4) is 0 Å². The molecule has 0 aliphatic carbocycles. The fraction of sp³-hybridized carbons (Fsp3) is 0.217. The third-order valence-corrected chi connectivity index (χ3v) is 8.68. The Morgan fingerprint density at radius 1 is 0.857 bits per heavy atom. The number of sulfonamides is 2. The predicted octanol–water partition coefficient (Wildman–Crippen LogP) is 3.12. The molecule has 1 aliphatic rings. The molecule has 0 bridgehead atoms. The summed E-state index contributed by atoms with van der Waals surface area (Å²) in [6, 6.07) is 15.1. The number of benzene rings is 2. The van der Waals surface area contributed by atoms with Gasteiger partial charge in [0.05, 0.1) is 9.79 Å². The van der Waals surface area contributed by atoms with Crippen LogP contribution in [0, 0.1) is 13.8 Å². The third-order valence-electron chi connectivity index (χ3n) is 5.47. The van der Waals surface area contributed by atoms with E-state index in [0.29, 0.717) is 12.1 Å². The minimum Gasteiger partial charge on any atom is -0.344 e. The number of anilines is 1. The van der Waals surface area contributed by atoms with Gasteiger partial charge >= 0.3 is 6.03 Å². The summed E-state index contributed by atoms with van der Waals surface area (Å²) < 4.78 is 54.1. The summed E-state index contributed by atoms with van der Waals surface area (Å²) in [5.74, 6) is 0.171. The van der Waals surface area contributed by atoms with Crippen molar-refractivity contribution < 1.29 is 21.6 Å². The molecule has 0 unspecified atom stereocenters. The lowest BCUT2D eigenvalue weighted by Gasteiger charge is -2.27. The van der Waals surface area contributed by atoms with Crippen LogP contribution in [-0.2, 0) is 33.0 Å².